The van der Waals surface area contributed by atoms with Gasteiger partial charge in [-0.1, -0.05) is 67.3 Å². The summed E-state index contributed by atoms with van der Waals surface area (Å²) in [6.07, 6.45) is 8.37. The van der Waals surface area contributed by atoms with Gasteiger partial charge in [0.1, 0.15) is 0 Å². The van der Waals surface area contributed by atoms with Gasteiger partial charge in [-0.05, 0) is 29.8 Å². The van der Waals surface area contributed by atoms with Crippen LogP contribution in [0.5, 0.6) is 0 Å². The van der Waals surface area contributed by atoms with Crippen LogP contribution in [0.25, 0.3) is 0 Å². The molecule has 1 aliphatic rings. The average Bonchev–Trinajstić information content (AvgIpc) is 2.52. The molecule has 1 atom stereocenters. The van der Waals surface area contributed by atoms with Crippen molar-refractivity contribution in [2.75, 3.05) is 4.90 Å². The van der Waals surface area contributed by atoms with Gasteiger partial charge in [0.15, 0.2) is 0 Å². The second-order valence-electron chi connectivity index (χ2n) is 4.80. The van der Waals surface area contributed by atoms with Crippen LogP contribution in [-0.4, -0.2) is 6.04 Å². The van der Waals surface area contributed by atoms with Gasteiger partial charge in [0, 0.05) is 11.4 Å². The highest BCUT2D eigenvalue weighted by molar-refractivity contribution is 5.67. The van der Waals surface area contributed by atoms with Crippen molar-refractivity contribution in [3.8, 4) is 0 Å². The van der Waals surface area contributed by atoms with Crippen LogP contribution in [0.1, 0.15) is 0 Å². The van der Waals surface area contributed by atoms with E-state index in [1.165, 1.54) is 11.4 Å². The Balaban J connectivity index is 2.07. The van der Waals surface area contributed by atoms with E-state index in [0.717, 1.165) is 5.57 Å². The summed E-state index contributed by atoms with van der Waals surface area (Å²) in [6, 6.07) is 21.0. The van der Waals surface area contributed by atoms with Gasteiger partial charge >= 0.3 is 0 Å². The fourth-order valence-electron chi connectivity index (χ4n) is 2.47. The van der Waals surface area contributed by atoms with E-state index in [1.807, 2.05) is 18.2 Å². The van der Waals surface area contributed by atoms with Crippen LogP contribution in [0.3, 0.4) is 0 Å². The zero-order valence-electron chi connectivity index (χ0n) is 11.3. The van der Waals surface area contributed by atoms with E-state index in [2.05, 4.69) is 78.2 Å². The Kier molecular flexibility index (Phi) is 3.51. The van der Waals surface area contributed by atoms with Crippen LogP contribution in [0.4, 0.5) is 11.4 Å². The van der Waals surface area contributed by atoms with Gasteiger partial charge in [-0.25, -0.2) is 0 Å². The van der Waals surface area contributed by atoms with Gasteiger partial charge < -0.3 is 4.90 Å². The molecule has 0 saturated carbocycles. The smallest absolute Gasteiger partial charge is 0.0772 e. The van der Waals surface area contributed by atoms with Gasteiger partial charge in [-0.3, -0.25) is 0 Å². The Morgan fingerprint density at radius 3 is 1.80 bits per heavy atom. The minimum absolute atomic E-state index is 0.157. The van der Waals surface area contributed by atoms with E-state index >= 15 is 0 Å². The number of anilines is 2. The number of nitrogens with zero attached hydrogens (tertiary/aromatic N) is 1. The Labute approximate surface area is 120 Å². The molecule has 2 aromatic rings. The lowest BCUT2D eigenvalue weighted by atomic mass is 10.0. The topological polar surface area (TPSA) is 3.24 Å². The Hall–Kier alpha value is -2.54. The molecule has 0 heterocycles. The molecule has 98 valence electrons. The van der Waals surface area contributed by atoms with Crippen LogP contribution in [-0.2, 0) is 0 Å². The lowest BCUT2D eigenvalue weighted by Crippen LogP contribution is -2.31. The van der Waals surface area contributed by atoms with Crippen LogP contribution < -0.4 is 4.90 Å². The maximum Gasteiger partial charge on any atom is 0.0772 e. The largest absolute Gasteiger partial charge is 0.330 e. The van der Waals surface area contributed by atoms with Crippen molar-refractivity contribution < 1.29 is 0 Å². The number of rotatable bonds is 3. The van der Waals surface area contributed by atoms with Crippen molar-refractivity contribution in [2.24, 2.45) is 0 Å². The summed E-state index contributed by atoms with van der Waals surface area (Å²) in [5.74, 6) is 0. The first-order valence-electron chi connectivity index (χ1n) is 6.79. The minimum Gasteiger partial charge on any atom is -0.330 e. The average molecular weight is 259 g/mol. The van der Waals surface area contributed by atoms with E-state index in [-0.39, 0.29) is 6.04 Å². The second-order valence-corrected chi connectivity index (χ2v) is 4.80. The summed E-state index contributed by atoms with van der Waals surface area (Å²) in [5, 5.41) is 0. The molecule has 0 N–H and O–H groups in total. The molecule has 1 aliphatic carbocycles. The normalized spacial score (nSPS) is 17.2. The summed E-state index contributed by atoms with van der Waals surface area (Å²) < 4.78 is 0. The summed E-state index contributed by atoms with van der Waals surface area (Å²) in [4.78, 5) is 2.31. The first-order valence-corrected chi connectivity index (χ1v) is 6.79. The number of hydrogen-bond donors (Lipinski definition) is 0. The molecule has 1 unspecified atom stereocenters. The zero-order valence-corrected chi connectivity index (χ0v) is 11.3. The van der Waals surface area contributed by atoms with Crippen molar-refractivity contribution in [3.63, 3.8) is 0 Å². The molecular weight excluding hydrogens is 242 g/mol. The lowest BCUT2D eigenvalue weighted by molar-refractivity contribution is 0.906. The van der Waals surface area contributed by atoms with Gasteiger partial charge in [-0.2, -0.15) is 0 Å². The minimum atomic E-state index is 0.157. The van der Waals surface area contributed by atoms with Crippen molar-refractivity contribution in [1.29, 1.82) is 0 Å². The van der Waals surface area contributed by atoms with Crippen molar-refractivity contribution in [3.05, 3.63) is 97.1 Å². The number of allylic oxidation sites excluding steroid dienone is 2. The Bertz CT molecular complexity index is 598. The summed E-state index contributed by atoms with van der Waals surface area (Å²) in [5.41, 5.74) is 3.44. The molecule has 20 heavy (non-hydrogen) atoms. The molecule has 0 bridgehead atoms. The molecule has 0 spiro atoms. The van der Waals surface area contributed by atoms with E-state index in [0.29, 0.717) is 0 Å². The molecule has 0 aromatic heterocycles. The lowest BCUT2D eigenvalue weighted by Gasteiger charge is -2.33. The molecular formula is C19H17N. The third-order valence-electron chi connectivity index (χ3n) is 3.44. The van der Waals surface area contributed by atoms with Crippen LogP contribution in [0.2, 0.25) is 0 Å². The van der Waals surface area contributed by atoms with E-state index in [1.54, 1.807) is 0 Å². The predicted octanol–water partition coefficient (Wildman–Crippen LogP) is 4.88. The van der Waals surface area contributed by atoms with Gasteiger partial charge in [-0.15, -0.1) is 0 Å². The quantitative estimate of drug-likeness (QED) is 0.759. The molecule has 0 fully saturated rings. The van der Waals surface area contributed by atoms with Gasteiger partial charge in [0.2, 0.25) is 0 Å². The predicted molar refractivity (Wildman–Crippen MR) is 86.2 cm³/mol. The Morgan fingerprint density at radius 2 is 1.30 bits per heavy atom. The fraction of sp³-hybridized carbons (Fsp3) is 0.0526. The van der Waals surface area contributed by atoms with Crippen LogP contribution in [0.15, 0.2) is 97.1 Å². The van der Waals surface area contributed by atoms with Crippen LogP contribution in [0, 0.1) is 0 Å². The maximum atomic E-state index is 4.19. The molecule has 1 heteroatoms. The standard InChI is InChI=1S/C19H17N/c1-16-10-8-9-15-19(16)20(17-11-4-2-5-12-17)18-13-6-3-7-14-18/h2-15,19H,1H2. The summed E-state index contributed by atoms with van der Waals surface area (Å²) >= 11 is 0. The molecule has 1 nitrogen and oxygen atoms in total. The molecule has 0 aliphatic heterocycles. The molecule has 0 radical (unpaired) electrons. The highest BCUT2D eigenvalue weighted by Crippen LogP contribution is 2.31. The molecule has 0 amide bonds. The van der Waals surface area contributed by atoms with E-state index in [4.69, 9.17) is 0 Å². The zero-order chi connectivity index (χ0) is 13.8. The molecule has 2 aromatic carbocycles. The first-order chi connectivity index (χ1) is 9.86. The van der Waals surface area contributed by atoms with Crippen molar-refractivity contribution >= 4 is 11.4 Å². The SMILES string of the molecule is C=C1C=CC=CC1N(c1ccccc1)c1ccccc1. The Morgan fingerprint density at radius 1 is 0.750 bits per heavy atom. The molecule has 0 saturated heterocycles. The maximum absolute atomic E-state index is 4.19. The van der Waals surface area contributed by atoms with E-state index < -0.39 is 0 Å². The first kappa shape index (κ1) is 12.5. The number of hydrogen-bond acceptors (Lipinski definition) is 1. The monoisotopic (exact) mass is 259 g/mol. The number of para-hydroxylation sites is 2. The van der Waals surface area contributed by atoms with Gasteiger partial charge in [0.05, 0.1) is 6.04 Å². The third kappa shape index (κ3) is 2.43. The van der Waals surface area contributed by atoms with E-state index in [9.17, 15) is 0 Å². The number of benzene rings is 2. The van der Waals surface area contributed by atoms with Crippen molar-refractivity contribution in [2.45, 2.75) is 6.04 Å². The highest BCUT2D eigenvalue weighted by Gasteiger charge is 2.20. The van der Waals surface area contributed by atoms with Gasteiger partial charge in [0.25, 0.3) is 0 Å². The fourth-order valence-corrected chi connectivity index (χ4v) is 2.47. The highest BCUT2D eigenvalue weighted by atomic mass is 15.2. The summed E-state index contributed by atoms with van der Waals surface area (Å²) in [7, 11) is 0. The van der Waals surface area contributed by atoms with Crippen LogP contribution >= 0.6 is 0 Å². The second kappa shape index (κ2) is 5.62. The third-order valence-corrected chi connectivity index (χ3v) is 3.44. The summed E-state index contributed by atoms with van der Waals surface area (Å²) in [6.45, 7) is 4.19. The molecule has 3 rings (SSSR count). The van der Waals surface area contributed by atoms with Crippen molar-refractivity contribution in [1.82, 2.24) is 0 Å².